The molecule has 43 heavy (non-hydrogen) atoms. The largest absolute Gasteiger partial charge is 0.748 e. The number of aryl methyl sites for hydroxylation is 1. The summed E-state index contributed by atoms with van der Waals surface area (Å²) < 4.78 is 68.0. The molecule has 0 atom stereocenters. The van der Waals surface area contributed by atoms with Gasteiger partial charge in [0.2, 0.25) is 5.69 Å². The maximum absolute atomic E-state index is 12.2. The second kappa shape index (κ2) is 11.6. The van der Waals surface area contributed by atoms with Gasteiger partial charge in [-0.1, -0.05) is 38.1 Å². The highest BCUT2D eigenvalue weighted by atomic mass is 32.2. The topological polar surface area (TPSA) is 155 Å². The molecular formula is C31H38N2O8S2. The lowest BCUT2D eigenvalue weighted by Gasteiger charge is -2.27. The average Bonchev–Trinajstić information content (AvgIpc) is 3.21. The number of anilines is 1. The molecule has 2 aliphatic rings. The summed E-state index contributed by atoms with van der Waals surface area (Å²) in [5, 5.41) is 9.94. The van der Waals surface area contributed by atoms with Gasteiger partial charge in [0, 0.05) is 47.7 Å². The number of aromatic carboxylic acids is 1. The minimum Gasteiger partial charge on any atom is -0.748 e. The number of carbonyl (C=O) groups is 1. The van der Waals surface area contributed by atoms with Crippen LogP contribution in [0, 0.1) is 6.92 Å². The third-order valence-electron chi connectivity index (χ3n) is 8.24. The van der Waals surface area contributed by atoms with Gasteiger partial charge in [-0.3, -0.25) is 4.55 Å². The Morgan fingerprint density at radius 1 is 1.02 bits per heavy atom. The quantitative estimate of drug-likeness (QED) is 0.269. The Kier molecular flexibility index (Phi) is 8.82. The molecule has 0 spiro atoms. The molecular weight excluding hydrogens is 592 g/mol. The molecule has 0 bridgehead atoms. The Morgan fingerprint density at radius 2 is 1.72 bits per heavy atom. The highest BCUT2D eigenvalue weighted by Crippen LogP contribution is 2.48. The summed E-state index contributed by atoms with van der Waals surface area (Å²) in [6.45, 7) is 10.5. The fourth-order valence-electron chi connectivity index (χ4n) is 6.31. The van der Waals surface area contributed by atoms with E-state index in [0.717, 1.165) is 28.2 Å². The Morgan fingerprint density at radius 3 is 2.35 bits per heavy atom. The van der Waals surface area contributed by atoms with E-state index in [-0.39, 0.29) is 24.9 Å². The number of benzene rings is 2. The van der Waals surface area contributed by atoms with Crippen LogP contribution in [0.5, 0.6) is 0 Å². The van der Waals surface area contributed by atoms with E-state index in [1.807, 2.05) is 60.6 Å². The fraction of sp³-hybridized carbons (Fsp3) is 0.419. The van der Waals surface area contributed by atoms with E-state index < -0.39 is 48.5 Å². The summed E-state index contributed by atoms with van der Waals surface area (Å²) in [6.07, 6.45) is 5.99. The van der Waals surface area contributed by atoms with Crippen molar-refractivity contribution in [3.05, 3.63) is 82.6 Å². The number of carboxylic acid groups (broad SMARTS) is 1. The summed E-state index contributed by atoms with van der Waals surface area (Å²) in [6, 6.07) is 11.1. The molecule has 0 aromatic heterocycles. The molecule has 0 unspecified atom stereocenters. The lowest BCUT2D eigenvalue weighted by molar-refractivity contribution is -0.437. The highest BCUT2D eigenvalue weighted by molar-refractivity contribution is 7.85. The van der Waals surface area contributed by atoms with Gasteiger partial charge in [0.25, 0.3) is 10.1 Å². The van der Waals surface area contributed by atoms with Crippen molar-refractivity contribution < 1.29 is 40.4 Å². The zero-order valence-corrected chi connectivity index (χ0v) is 26.6. The molecule has 0 radical (unpaired) electrons. The summed E-state index contributed by atoms with van der Waals surface area (Å²) in [5.41, 5.74) is 4.99. The third-order valence-corrected chi connectivity index (χ3v) is 9.83. The van der Waals surface area contributed by atoms with E-state index in [2.05, 4.69) is 19.9 Å². The van der Waals surface area contributed by atoms with Gasteiger partial charge in [-0.15, -0.1) is 0 Å². The Bertz CT molecular complexity index is 1770. The standard InChI is InChI=1S/C31H38N2O8S2/c1-21-14-15-23-25(20-21)33(17-9-19-43(39,40)41)26(30(23,2)3)12-7-13-27-31(4,5)28-22(29(34)35)10-6-11-24(28)32(27)16-8-18-42(36,37)38/h6-7,10-15,20H,8-9,16-19H2,1-5H3,(H2-,34,35,36,37,38,39,40,41). The third kappa shape index (κ3) is 6.77. The Balaban J connectivity index is 1.79. The number of hydrogen-bond acceptors (Lipinski definition) is 7. The number of nitrogens with zero attached hydrogens (tertiary/aromatic N) is 2. The molecule has 2 aromatic rings. The van der Waals surface area contributed by atoms with Crippen molar-refractivity contribution >= 4 is 43.3 Å². The van der Waals surface area contributed by atoms with Gasteiger partial charge in [-0.25, -0.2) is 13.2 Å². The molecule has 0 saturated carbocycles. The van der Waals surface area contributed by atoms with Gasteiger partial charge < -0.3 is 14.6 Å². The lowest BCUT2D eigenvalue weighted by Crippen LogP contribution is -2.30. The Hall–Kier alpha value is -3.32. The van der Waals surface area contributed by atoms with Crippen LogP contribution in [0.4, 0.5) is 11.4 Å². The summed E-state index contributed by atoms with van der Waals surface area (Å²) in [5.74, 6) is -1.96. The highest BCUT2D eigenvalue weighted by Gasteiger charge is 2.47. The zero-order chi connectivity index (χ0) is 32.0. The monoisotopic (exact) mass is 630 g/mol. The number of fused-ring (bicyclic) bond motifs is 2. The van der Waals surface area contributed by atoms with E-state index in [1.54, 1.807) is 18.2 Å². The fourth-order valence-corrected chi connectivity index (χ4v) is 7.28. The maximum atomic E-state index is 12.2. The van der Waals surface area contributed by atoms with Gasteiger partial charge >= 0.3 is 5.97 Å². The first-order chi connectivity index (χ1) is 19.8. The molecule has 10 nitrogen and oxygen atoms in total. The number of rotatable bonds is 11. The number of hydrogen-bond donors (Lipinski definition) is 2. The predicted octanol–water partition coefficient (Wildman–Crippen LogP) is 4.52. The average molecular weight is 631 g/mol. The van der Waals surface area contributed by atoms with Gasteiger partial charge in [0.15, 0.2) is 5.71 Å². The van der Waals surface area contributed by atoms with Gasteiger partial charge in [-0.2, -0.15) is 13.0 Å². The van der Waals surface area contributed by atoms with Crippen molar-refractivity contribution in [3.63, 3.8) is 0 Å². The van der Waals surface area contributed by atoms with E-state index in [0.29, 0.717) is 17.8 Å². The number of allylic oxidation sites excluding steroid dienone is 4. The van der Waals surface area contributed by atoms with Crippen molar-refractivity contribution in [2.24, 2.45) is 0 Å². The molecule has 2 N–H and O–H groups in total. The van der Waals surface area contributed by atoms with Gasteiger partial charge in [0.1, 0.15) is 6.54 Å². The molecule has 0 amide bonds. The van der Waals surface area contributed by atoms with E-state index in [4.69, 9.17) is 0 Å². The van der Waals surface area contributed by atoms with Crippen LogP contribution >= 0.6 is 0 Å². The molecule has 12 heteroatoms. The maximum Gasteiger partial charge on any atom is 0.336 e. The summed E-state index contributed by atoms with van der Waals surface area (Å²) in [7, 11) is -8.54. The van der Waals surface area contributed by atoms with Crippen LogP contribution in [0.1, 0.15) is 67.6 Å². The lowest BCUT2D eigenvalue weighted by atomic mass is 9.79. The van der Waals surface area contributed by atoms with Crippen LogP contribution in [-0.4, -0.2) is 71.9 Å². The van der Waals surface area contributed by atoms with Crippen LogP contribution in [0.15, 0.2) is 60.3 Å². The van der Waals surface area contributed by atoms with Gasteiger partial charge in [-0.05, 0) is 56.5 Å². The first kappa shape index (κ1) is 32.6. The van der Waals surface area contributed by atoms with Gasteiger partial charge in [0.05, 0.1) is 32.4 Å². The molecule has 0 aliphatic carbocycles. The minimum atomic E-state index is -4.36. The normalized spacial score (nSPS) is 18.5. The van der Waals surface area contributed by atoms with Crippen LogP contribution in [-0.2, 0) is 31.1 Å². The summed E-state index contributed by atoms with van der Waals surface area (Å²) >= 11 is 0. The van der Waals surface area contributed by atoms with Crippen molar-refractivity contribution in [1.82, 2.24) is 0 Å². The molecule has 0 saturated heterocycles. The van der Waals surface area contributed by atoms with Crippen molar-refractivity contribution in [2.45, 2.75) is 58.3 Å². The van der Waals surface area contributed by atoms with E-state index >= 15 is 0 Å². The SMILES string of the molecule is Cc1ccc2c(c1)N(CCCS(=O)(=O)[O-])C(=CC=CC1=[N+](CCCS(=O)(=O)O)c3cccc(C(=O)O)c3C1(C)C)C2(C)C. The number of carboxylic acids is 1. The van der Waals surface area contributed by atoms with Crippen LogP contribution < -0.4 is 4.90 Å². The minimum absolute atomic E-state index is 0.127. The van der Waals surface area contributed by atoms with E-state index in [9.17, 15) is 35.8 Å². The smallest absolute Gasteiger partial charge is 0.336 e. The second-order valence-corrected chi connectivity index (χ2v) is 15.2. The molecule has 2 aromatic carbocycles. The predicted molar refractivity (Wildman–Crippen MR) is 165 cm³/mol. The zero-order valence-electron chi connectivity index (χ0n) is 25.0. The van der Waals surface area contributed by atoms with Crippen molar-refractivity contribution in [3.8, 4) is 0 Å². The second-order valence-electron chi connectivity index (χ2n) is 12.1. The summed E-state index contributed by atoms with van der Waals surface area (Å²) in [4.78, 5) is 14.2. The molecule has 232 valence electrons. The Labute approximate surface area is 253 Å². The molecule has 2 aliphatic heterocycles. The van der Waals surface area contributed by atoms with Crippen LogP contribution in [0.25, 0.3) is 0 Å². The molecule has 4 rings (SSSR count). The van der Waals surface area contributed by atoms with Crippen molar-refractivity contribution in [1.29, 1.82) is 0 Å². The van der Waals surface area contributed by atoms with Crippen LogP contribution in [0.3, 0.4) is 0 Å². The first-order valence-corrected chi connectivity index (χ1v) is 17.2. The molecule has 2 heterocycles. The first-order valence-electron chi connectivity index (χ1n) is 14.0. The molecule has 0 fully saturated rings. The van der Waals surface area contributed by atoms with Crippen LogP contribution in [0.2, 0.25) is 0 Å². The van der Waals surface area contributed by atoms with E-state index in [1.165, 1.54) is 0 Å². The van der Waals surface area contributed by atoms with Crippen molar-refractivity contribution in [2.75, 3.05) is 29.5 Å².